The summed E-state index contributed by atoms with van der Waals surface area (Å²) in [4.78, 5) is 8.20. The van der Waals surface area contributed by atoms with Crippen molar-refractivity contribution in [3.05, 3.63) is 40.3 Å². The van der Waals surface area contributed by atoms with Gasteiger partial charge in [-0.3, -0.25) is 0 Å². The number of benzene rings is 1. The van der Waals surface area contributed by atoms with Gasteiger partial charge in [-0.1, -0.05) is 35.0 Å². The largest absolute Gasteiger partial charge is 0.339 e. The predicted octanol–water partition coefficient (Wildman–Crippen LogP) is 4.39. The van der Waals surface area contributed by atoms with Crippen molar-refractivity contribution in [1.82, 2.24) is 9.97 Å². The summed E-state index contributed by atoms with van der Waals surface area (Å²) in [6.45, 7) is 0. The Labute approximate surface area is 118 Å². The number of hydrogen-bond donors (Lipinski definition) is 1. The Kier molecular flexibility index (Phi) is 4.27. The van der Waals surface area contributed by atoms with Crippen molar-refractivity contribution in [2.45, 2.75) is 5.16 Å². The van der Waals surface area contributed by atoms with E-state index in [4.69, 9.17) is 23.2 Å². The Morgan fingerprint density at radius 1 is 1.22 bits per heavy atom. The molecule has 1 aromatic heterocycles. The van der Waals surface area contributed by atoms with Crippen LogP contribution in [0.5, 0.6) is 0 Å². The third-order valence-corrected chi connectivity index (χ3v) is 3.12. The van der Waals surface area contributed by atoms with E-state index in [1.807, 2.05) is 6.26 Å². The van der Waals surface area contributed by atoms with Gasteiger partial charge >= 0.3 is 0 Å². The molecule has 0 amide bonds. The van der Waals surface area contributed by atoms with E-state index in [0.717, 1.165) is 0 Å². The first kappa shape index (κ1) is 13.4. The van der Waals surface area contributed by atoms with E-state index in [0.29, 0.717) is 26.8 Å². The molecule has 7 heteroatoms. The van der Waals surface area contributed by atoms with Crippen molar-refractivity contribution < 1.29 is 4.39 Å². The van der Waals surface area contributed by atoms with Crippen LogP contribution in [-0.2, 0) is 0 Å². The first-order valence-corrected chi connectivity index (χ1v) is 6.87. The molecule has 94 valence electrons. The van der Waals surface area contributed by atoms with E-state index in [-0.39, 0.29) is 5.82 Å². The molecule has 0 aliphatic carbocycles. The molecule has 3 nitrogen and oxygen atoms in total. The van der Waals surface area contributed by atoms with E-state index < -0.39 is 0 Å². The number of rotatable bonds is 3. The Bertz CT molecular complexity index is 580. The van der Waals surface area contributed by atoms with Crippen LogP contribution in [0.1, 0.15) is 0 Å². The number of nitrogens with zero attached hydrogens (tertiary/aromatic N) is 2. The molecule has 0 unspecified atom stereocenters. The summed E-state index contributed by atoms with van der Waals surface area (Å²) in [5.74, 6) is 0.0824. The Balaban J connectivity index is 2.33. The molecule has 0 radical (unpaired) electrons. The summed E-state index contributed by atoms with van der Waals surface area (Å²) in [7, 11) is 0. The Morgan fingerprint density at radius 3 is 2.72 bits per heavy atom. The summed E-state index contributed by atoms with van der Waals surface area (Å²) in [5.41, 5.74) is 0.429. The van der Waals surface area contributed by atoms with Crippen LogP contribution in [-0.4, -0.2) is 16.2 Å². The summed E-state index contributed by atoms with van der Waals surface area (Å²) in [5, 5.41) is 4.14. The third-order valence-electron chi connectivity index (χ3n) is 2.05. The van der Waals surface area contributed by atoms with Gasteiger partial charge in [-0.05, 0) is 24.5 Å². The van der Waals surface area contributed by atoms with Gasteiger partial charge in [0.15, 0.2) is 5.16 Å². The molecular weight excluding hydrogens is 296 g/mol. The van der Waals surface area contributed by atoms with Gasteiger partial charge in [0.05, 0.1) is 10.7 Å². The van der Waals surface area contributed by atoms with Gasteiger partial charge in [0.1, 0.15) is 16.8 Å². The molecule has 1 N–H and O–H groups in total. The first-order chi connectivity index (χ1) is 8.58. The van der Waals surface area contributed by atoms with Crippen molar-refractivity contribution in [3.8, 4) is 0 Å². The minimum Gasteiger partial charge on any atom is -0.339 e. The minimum atomic E-state index is -0.382. The van der Waals surface area contributed by atoms with Gasteiger partial charge in [0, 0.05) is 6.07 Å². The lowest BCUT2D eigenvalue weighted by molar-refractivity contribution is 0.628. The van der Waals surface area contributed by atoms with Crippen LogP contribution in [0, 0.1) is 5.82 Å². The second-order valence-electron chi connectivity index (χ2n) is 3.31. The number of hydrogen-bond acceptors (Lipinski definition) is 4. The van der Waals surface area contributed by atoms with Crippen LogP contribution in [0.2, 0.25) is 10.2 Å². The number of halogens is 3. The van der Waals surface area contributed by atoms with Crippen molar-refractivity contribution in [2.75, 3.05) is 11.6 Å². The molecule has 1 heterocycles. The lowest BCUT2D eigenvalue weighted by Gasteiger charge is -2.08. The zero-order valence-corrected chi connectivity index (χ0v) is 11.6. The Hall–Kier alpha value is -1.04. The molecule has 1 aromatic carbocycles. The second-order valence-corrected chi connectivity index (χ2v) is 4.88. The first-order valence-electron chi connectivity index (χ1n) is 4.89. The molecule has 0 fully saturated rings. The topological polar surface area (TPSA) is 37.8 Å². The summed E-state index contributed by atoms with van der Waals surface area (Å²) in [6, 6.07) is 5.59. The van der Waals surface area contributed by atoms with E-state index in [1.54, 1.807) is 6.07 Å². The standard InChI is InChI=1S/C11H8Cl2FN3S/c1-18-11-16-9(13)5-10(17-11)15-8-4-6(14)2-3-7(8)12/h2-5H,1H3,(H,15,16,17). The second kappa shape index (κ2) is 5.73. The fourth-order valence-corrected chi connectivity index (χ4v) is 2.06. The fourth-order valence-electron chi connectivity index (χ4n) is 1.28. The number of thioether (sulfide) groups is 1. The highest BCUT2D eigenvalue weighted by Gasteiger charge is 2.06. The molecule has 0 atom stereocenters. The SMILES string of the molecule is CSc1nc(Cl)cc(Nc2cc(F)ccc2Cl)n1. The van der Waals surface area contributed by atoms with Gasteiger partial charge in [0.2, 0.25) is 0 Å². The summed E-state index contributed by atoms with van der Waals surface area (Å²) in [6.07, 6.45) is 1.84. The zero-order chi connectivity index (χ0) is 13.1. The molecule has 2 aromatic rings. The number of anilines is 2. The van der Waals surface area contributed by atoms with Gasteiger partial charge in [-0.15, -0.1) is 0 Å². The molecule has 0 bridgehead atoms. The third kappa shape index (κ3) is 3.25. The lowest BCUT2D eigenvalue weighted by Crippen LogP contribution is -1.97. The smallest absolute Gasteiger partial charge is 0.190 e. The average molecular weight is 304 g/mol. The molecular formula is C11H8Cl2FN3S. The normalized spacial score (nSPS) is 10.4. The summed E-state index contributed by atoms with van der Waals surface area (Å²) >= 11 is 13.2. The van der Waals surface area contributed by atoms with Crippen LogP contribution >= 0.6 is 35.0 Å². The number of nitrogens with one attached hydrogen (secondary N) is 1. The highest BCUT2D eigenvalue weighted by Crippen LogP contribution is 2.27. The quantitative estimate of drug-likeness (QED) is 0.518. The molecule has 0 spiro atoms. The highest BCUT2D eigenvalue weighted by molar-refractivity contribution is 7.98. The van der Waals surface area contributed by atoms with Gasteiger partial charge in [0.25, 0.3) is 0 Å². The maximum Gasteiger partial charge on any atom is 0.190 e. The molecule has 0 saturated carbocycles. The maximum absolute atomic E-state index is 13.1. The van der Waals surface area contributed by atoms with Crippen LogP contribution in [0.15, 0.2) is 29.4 Å². The van der Waals surface area contributed by atoms with Gasteiger partial charge in [-0.2, -0.15) is 0 Å². The predicted molar refractivity (Wildman–Crippen MR) is 73.5 cm³/mol. The lowest BCUT2D eigenvalue weighted by atomic mass is 10.3. The molecule has 0 aliphatic rings. The molecule has 0 saturated heterocycles. The average Bonchev–Trinajstić information content (AvgIpc) is 2.33. The van der Waals surface area contributed by atoms with Gasteiger partial charge in [-0.25, -0.2) is 14.4 Å². The molecule has 18 heavy (non-hydrogen) atoms. The maximum atomic E-state index is 13.1. The van der Waals surface area contributed by atoms with E-state index in [2.05, 4.69) is 15.3 Å². The molecule has 0 aliphatic heterocycles. The monoisotopic (exact) mass is 303 g/mol. The molecule has 2 rings (SSSR count). The van der Waals surface area contributed by atoms with Crippen molar-refractivity contribution in [3.63, 3.8) is 0 Å². The van der Waals surface area contributed by atoms with Crippen LogP contribution in [0.4, 0.5) is 15.9 Å². The van der Waals surface area contributed by atoms with Crippen molar-refractivity contribution in [1.29, 1.82) is 0 Å². The summed E-state index contributed by atoms with van der Waals surface area (Å²) < 4.78 is 13.1. The fraction of sp³-hybridized carbons (Fsp3) is 0.0909. The van der Waals surface area contributed by atoms with Crippen molar-refractivity contribution >= 4 is 46.5 Å². The van der Waals surface area contributed by atoms with Crippen molar-refractivity contribution in [2.24, 2.45) is 0 Å². The minimum absolute atomic E-state index is 0.310. The van der Waals surface area contributed by atoms with Gasteiger partial charge < -0.3 is 5.32 Å². The van der Waals surface area contributed by atoms with Crippen LogP contribution in [0.25, 0.3) is 0 Å². The van der Waals surface area contributed by atoms with E-state index in [1.165, 1.54) is 30.0 Å². The van der Waals surface area contributed by atoms with E-state index in [9.17, 15) is 4.39 Å². The van der Waals surface area contributed by atoms with E-state index >= 15 is 0 Å². The van der Waals surface area contributed by atoms with Crippen LogP contribution in [0.3, 0.4) is 0 Å². The van der Waals surface area contributed by atoms with Crippen LogP contribution < -0.4 is 5.32 Å². The zero-order valence-electron chi connectivity index (χ0n) is 9.25. The highest BCUT2D eigenvalue weighted by atomic mass is 35.5. The number of aromatic nitrogens is 2. The Morgan fingerprint density at radius 2 is 2.00 bits per heavy atom.